The lowest BCUT2D eigenvalue weighted by atomic mass is 9.90. The number of carbonyl (C=O) groups excluding carboxylic acids is 2. The molecule has 1 aliphatic rings. The van der Waals surface area contributed by atoms with Crippen LogP contribution in [0.25, 0.3) is 0 Å². The number of hydrogen-bond donors (Lipinski definition) is 0. The number of ether oxygens (including phenoxy) is 1. The lowest BCUT2D eigenvalue weighted by Crippen LogP contribution is -2.36. The SMILES string of the molecule is CCCCC=CC1C(=O)C=CC1(C)OC(C)=O. The summed E-state index contributed by atoms with van der Waals surface area (Å²) in [6.45, 7) is 5.25. The van der Waals surface area contributed by atoms with Gasteiger partial charge >= 0.3 is 5.97 Å². The molecular weight excluding hydrogens is 216 g/mol. The van der Waals surface area contributed by atoms with Crippen LogP contribution in [0.2, 0.25) is 0 Å². The summed E-state index contributed by atoms with van der Waals surface area (Å²) in [7, 11) is 0. The van der Waals surface area contributed by atoms with Gasteiger partial charge in [-0.1, -0.05) is 31.9 Å². The maximum absolute atomic E-state index is 11.7. The van der Waals surface area contributed by atoms with Crippen molar-refractivity contribution in [3.63, 3.8) is 0 Å². The van der Waals surface area contributed by atoms with Crippen molar-refractivity contribution in [2.45, 2.75) is 45.6 Å². The van der Waals surface area contributed by atoms with Crippen molar-refractivity contribution in [1.29, 1.82) is 0 Å². The van der Waals surface area contributed by atoms with Crippen molar-refractivity contribution < 1.29 is 14.3 Å². The summed E-state index contributed by atoms with van der Waals surface area (Å²) < 4.78 is 5.24. The molecule has 0 saturated carbocycles. The van der Waals surface area contributed by atoms with Crippen LogP contribution in [0, 0.1) is 5.92 Å². The second-order valence-electron chi connectivity index (χ2n) is 4.56. The molecule has 94 valence electrons. The molecule has 2 unspecified atom stereocenters. The number of allylic oxidation sites excluding steroid dienone is 2. The molecule has 0 spiro atoms. The third kappa shape index (κ3) is 3.55. The van der Waals surface area contributed by atoms with Crippen LogP contribution in [0.1, 0.15) is 40.0 Å². The first-order valence-corrected chi connectivity index (χ1v) is 6.09. The molecule has 0 saturated heterocycles. The average molecular weight is 236 g/mol. The number of rotatable bonds is 5. The van der Waals surface area contributed by atoms with Crippen molar-refractivity contribution in [1.82, 2.24) is 0 Å². The first kappa shape index (κ1) is 13.7. The van der Waals surface area contributed by atoms with Crippen molar-refractivity contribution in [2.24, 2.45) is 5.92 Å². The summed E-state index contributed by atoms with van der Waals surface area (Å²) in [6, 6.07) is 0. The van der Waals surface area contributed by atoms with Crippen molar-refractivity contribution in [3.8, 4) is 0 Å². The second kappa shape index (κ2) is 5.80. The zero-order chi connectivity index (χ0) is 12.9. The maximum Gasteiger partial charge on any atom is 0.303 e. The van der Waals surface area contributed by atoms with E-state index in [0.29, 0.717) is 0 Å². The summed E-state index contributed by atoms with van der Waals surface area (Å²) >= 11 is 0. The van der Waals surface area contributed by atoms with Crippen molar-refractivity contribution >= 4 is 11.8 Å². The van der Waals surface area contributed by atoms with Crippen LogP contribution in [0.4, 0.5) is 0 Å². The Kier molecular flexibility index (Phi) is 4.67. The fraction of sp³-hybridized carbons (Fsp3) is 0.571. The summed E-state index contributed by atoms with van der Waals surface area (Å²) in [5.74, 6) is -0.733. The number of hydrogen-bond acceptors (Lipinski definition) is 3. The molecule has 1 aliphatic carbocycles. The molecule has 0 N–H and O–H groups in total. The first-order chi connectivity index (χ1) is 7.99. The molecule has 3 heteroatoms. The van der Waals surface area contributed by atoms with Gasteiger partial charge in [-0.25, -0.2) is 0 Å². The Hall–Kier alpha value is -1.38. The molecule has 0 heterocycles. The van der Waals surface area contributed by atoms with E-state index in [4.69, 9.17) is 4.74 Å². The van der Waals surface area contributed by atoms with Crippen LogP contribution in [0.5, 0.6) is 0 Å². The van der Waals surface area contributed by atoms with Gasteiger partial charge in [0.15, 0.2) is 5.78 Å². The molecule has 0 aromatic carbocycles. The minimum absolute atomic E-state index is 0.00139. The fourth-order valence-corrected chi connectivity index (χ4v) is 1.98. The van der Waals surface area contributed by atoms with Crippen LogP contribution >= 0.6 is 0 Å². The standard InChI is InChI=1S/C14H20O3/c1-4-5-6-7-8-12-13(16)9-10-14(12,3)17-11(2)15/h7-10,12H,4-6H2,1-3H3. The predicted octanol–water partition coefficient (Wildman–Crippen LogP) is 2.81. The molecule has 0 amide bonds. The summed E-state index contributed by atoms with van der Waals surface area (Å²) in [6.07, 6.45) is 10.2. The van der Waals surface area contributed by atoms with E-state index in [9.17, 15) is 9.59 Å². The minimum atomic E-state index is -0.814. The van der Waals surface area contributed by atoms with Gasteiger partial charge in [-0.15, -0.1) is 0 Å². The number of ketones is 1. The third-order valence-corrected chi connectivity index (χ3v) is 2.92. The lowest BCUT2D eigenvalue weighted by molar-refractivity contribution is -0.154. The molecule has 0 radical (unpaired) electrons. The Morgan fingerprint density at radius 1 is 1.59 bits per heavy atom. The number of carbonyl (C=O) groups is 2. The van der Waals surface area contributed by atoms with Gasteiger partial charge in [0.2, 0.25) is 0 Å². The van der Waals surface area contributed by atoms with E-state index in [1.807, 2.05) is 12.2 Å². The normalized spacial score (nSPS) is 27.9. The molecule has 17 heavy (non-hydrogen) atoms. The van der Waals surface area contributed by atoms with Crippen LogP contribution in [0.3, 0.4) is 0 Å². The zero-order valence-electron chi connectivity index (χ0n) is 10.7. The van der Waals surface area contributed by atoms with Gasteiger partial charge in [-0.05, 0) is 25.5 Å². The molecule has 3 nitrogen and oxygen atoms in total. The topological polar surface area (TPSA) is 43.4 Å². The van der Waals surface area contributed by atoms with Gasteiger partial charge in [-0.2, -0.15) is 0 Å². The van der Waals surface area contributed by atoms with Crippen molar-refractivity contribution in [3.05, 3.63) is 24.3 Å². The molecule has 1 rings (SSSR count). The van der Waals surface area contributed by atoms with Gasteiger partial charge in [-0.3, -0.25) is 9.59 Å². The number of esters is 1. The van der Waals surface area contributed by atoms with E-state index in [1.165, 1.54) is 13.0 Å². The molecule has 2 atom stereocenters. The van der Waals surface area contributed by atoms with E-state index in [2.05, 4.69) is 6.92 Å². The Morgan fingerprint density at radius 3 is 2.88 bits per heavy atom. The van der Waals surface area contributed by atoms with Crippen LogP contribution in [-0.4, -0.2) is 17.4 Å². The number of unbranched alkanes of at least 4 members (excludes halogenated alkanes) is 2. The van der Waals surface area contributed by atoms with Crippen LogP contribution in [0.15, 0.2) is 24.3 Å². The van der Waals surface area contributed by atoms with Gasteiger partial charge in [0.1, 0.15) is 5.60 Å². The zero-order valence-corrected chi connectivity index (χ0v) is 10.7. The smallest absolute Gasteiger partial charge is 0.303 e. The van der Waals surface area contributed by atoms with E-state index < -0.39 is 5.60 Å². The maximum atomic E-state index is 11.7. The molecular formula is C14H20O3. The molecule has 0 aliphatic heterocycles. The highest BCUT2D eigenvalue weighted by molar-refractivity contribution is 5.97. The second-order valence-corrected chi connectivity index (χ2v) is 4.56. The van der Waals surface area contributed by atoms with Crippen LogP contribution < -0.4 is 0 Å². The van der Waals surface area contributed by atoms with Gasteiger partial charge in [0.05, 0.1) is 5.92 Å². The first-order valence-electron chi connectivity index (χ1n) is 6.09. The van der Waals surface area contributed by atoms with Gasteiger partial charge < -0.3 is 4.74 Å². The van der Waals surface area contributed by atoms with Gasteiger partial charge in [0, 0.05) is 6.92 Å². The summed E-state index contributed by atoms with van der Waals surface area (Å²) in [5.41, 5.74) is -0.814. The summed E-state index contributed by atoms with van der Waals surface area (Å²) in [5, 5.41) is 0. The molecule has 0 bridgehead atoms. The Morgan fingerprint density at radius 2 is 2.29 bits per heavy atom. The monoisotopic (exact) mass is 236 g/mol. The molecule has 0 aromatic rings. The Balaban J connectivity index is 2.70. The van der Waals surface area contributed by atoms with Gasteiger partial charge in [0.25, 0.3) is 0 Å². The lowest BCUT2D eigenvalue weighted by Gasteiger charge is -2.27. The Bertz CT molecular complexity index is 354. The quantitative estimate of drug-likeness (QED) is 0.419. The van der Waals surface area contributed by atoms with E-state index in [1.54, 1.807) is 13.0 Å². The highest BCUT2D eigenvalue weighted by Gasteiger charge is 2.41. The molecule has 0 fully saturated rings. The predicted molar refractivity (Wildman–Crippen MR) is 66.5 cm³/mol. The van der Waals surface area contributed by atoms with E-state index in [0.717, 1.165) is 19.3 Å². The highest BCUT2D eigenvalue weighted by Crippen LogP contribution is 2.32. The van der Waals surface area contributed by atoms with E-state index >= 15 is 0 Å². The van der Waals surface area contributed by atoms with Crippen molar-refractivity contribution in [2.75, 3.05) is 0 Å². The van der Waals surface area contributed by atoms with Crippen LogP contribution in [-0.2, 0) is 14.3 Å². The average Bonchev–Trinajstić information content (AvgIpc) is 2.50. The fourth-order valence-electron chi connectivity index (χ4n) is 1.98. The molecule has 0 aromatic heterocycles. The largest absolute Gasteiger partial charge is 0.454 e. The Labute approximate surface area is 103 Å². The van der Waals surface area contributed by atoms with E-state index in [-0.39, 0.29) is 17.7 Å². The third-order valence-electron chi connectivity index (χ3n) is 2.92. The minimum Gasteiger partial charge on any atom is -0.454 e. The summed E-state index contributed by atoms with van der Waals surface area (Å²) in [4.78, 5) is 22.7. The highest BCUT2D eigenvalue weighted by atomic mass is 16.6.